The zero-order valence-corrected chi connectivity index (χ0v) is 11.1. The van der Waals surface area contributed by atoms with Gasteiger partial charge in [0.05, 0.1) is 17.8 Å². The zero-order valence-electron chi connectivity index (χ0n) is 11.1. The number of nitrogens with two attached hydrogens (primary N) is 1. The molecule has 0 aliphatic heterocycles. The number of rotatable bonds is 3. The van der Waals surface area contributed by atoms with Crippen molar-refractivity contribution in [1.29, 1.82) is 0 Å². The van der Waals surface area contributed by atoms with Crippen LogP contribution in [0.5, 0.6) is 0 Å². The Morgan fingerprint density at radius 1 is 1.21 bits per heavy atom. The van der Waals surface area contributed by atoms with Crippen LogP contribution in [0.4, 0.5) is 5.69 Å². The minimum absolute atomic E-state index is 0.175. The summed E-state index contributed by atoms with van der Waals surface area (Å²) in [5, 5.41) is 2.84. The van der Waals surface area contributed by atoms with E-state index in [1.165, 1.54) is 0 Å². The summed E-state index contributed by atoms with van der Waals surface area (Å²) in [6, 6.07) is 9.28. The van der Waals surface area contributed by atoms with E-state index in [0.29, 0.717) is 17.8 Å². The normalized spacial score (nSPS) is 10.2. The molecule has 3 N–H and O–H groups in total. The number of aryl methyl sites for hydroxylation is 2. The molecule has 0 saturated heterocycles. The average molecular weight is 255 g/mol. The first-order valence-corrected chi connectivity index (χ1v) is 6.13. The fourth-order valence-corrected chi connectivity index (χ4v) is 1.84. The lowest BCUT2D eigenvalue weighted by atomic mass is 10.1. The van der Waals surface area contributed by atoms with Gasteiger partial charge in [0.2, 0.25) is 0 Å². The first kappa shape index (κ1) is 13.1. The molecule has 1 aromatic heterocycles. The maximum absolute atomic E-state index is 12.1. The maximum atomic E-state index is 12.1. The highest BCUT2D eigenvalue weighted by Crippen LogP contribution is 2.16. The third-order valence-electron chi connectivity index (χ3n) is 3.10. The number of carbonyl (C=O) groups is 1. The molecule has 0 spiro atoms. The number of carbonyl (C=O) groups excluding carboxylic acids is 1. The summed E-state index contributed by atoms with van der Waals surface area (Å²) in [6.45, 7) is 4.25. The van der Waals surface area contributed by atoms with Crippen LogP contribution in [0.3, 0.4) is 0 Å². The van der Waals surface area contributed by atoms with Gasteiger partial charge >= 0.3 is 0 Å². The van der Waals surface area contributed by atoms with E-state index in [-0.39, 0.29) is 5.91 Å². The van der Waals surface area contributed by atoms with E-state index in [0.717, 1.165) is 16.8 Å². The average Bonchev–Trinajstić information content (AvgIpc) is 2.40. The molecule has 1 amide bonds. The molecule has 19 heavy (non-hydrogen) atoms. The molecule has 0 unspecified atom stereocenters. The second-order valence-electron chi connectivity index (χ2n) is 4.49. The van der Waals surface area contributed by atoms with Gasteiger partial charge in [0.1, 0.15) is 0 Å². The van der Waals surface area contributed by atoms with Gasteiger partial charge in [0.25, 0.3) is 5.91 Å². The highest BCUT2D eigenvalue weighted by atomic mass is 16.1. The van der Waals surface area contributed by atoms with E-state index in [1.807, 2.05) is 38.1 Å². The lowest BCUT2D eigenvalue weighted by Crippen LogP contribution is -2.24. The summed E-state index contributed by atoms with van der Waals surface area (Å²) in [4.78, 5) is 16.3. The van der Waals surface area contributed by atoms with Crippen molar-refractivity contribution >= 4 is 11.6 Å². The predicted molar refractivity (Wildman–Crippen MR) is 75.7 cm³/mol. The Labute approximate surface area is 112 Å². The molecule has 0 radical (unpaired) electrons. The van der Waals surface area contributed by atoms with Crippen LogP contribution in [0, 0.1) is 13.8 Å². The van der Waals surface area contributed by atoms with Gasteiger partial charge in [-0.25, -0.2) is 0 Å². The van der Waals surface area contributed by atoms with Crippen LogP contribution in [0.15, 0.2) is 36.5 Å². The van der Waals surface area contributed by atoms with Gasteiger partial charge < -0.3 is 11.1 Å². The van der Waals surface area contributed by atoms with Gasteiger partial charge in [-0.2, -0.15) is 0 Å². The first-order chi connectivity index (χ1) is 9.09. The minimum atomic E-state index is -0.175. The summed E-state index contributed by atoms with van der Waals surface area (Å²) in [5.41, 5.74) is 9.76. The van der Waals surface area contributed by atoms with Crippen LogP contribution in [-0.2, 0) is 6.54 Å². The second kappa shape index (κ2) is 5.52. The van der Waals surface area contributed by atoms with Crippen molar-refractivity contribution in [3.8, 4) is 0 Å². The maximum Gasteiger partial charge on any atom is 0.253 e. The highest BCUT2D eigenvalue weighted by molar-refractivity contribution is 5.99. The molecule has 1 aromatic carbocycles. The number of anilines is 1. The van der Waals surface area contributed by atoms with Crippen molar-refractivity contribution in [3.63, 3.8) is 0 Å². The van der Waals surface area contributed by atoms with Crippen molar-refractivity contribution in [2.75, 3.05) is 5.73 Å². The Morgan fingerprint density at radius 2 is 1.95 bits per heavy atom. The smallest absolute Gasteiger partial charge is 0.253 e. The number of nitrogens with zero attached hydrogens (tertiary/aromatic N) is 1. The van der Waals surface area contributed by atoms with Gasteiger partial charge in [-0.05, 0) is 37.1 Å². The number of nitrogen functional groups attached to an aromatic ring is 1. The fourth-order valence-electron chi connectivity index (χ4n) is 1.84. The van der Waals surface area contributed by atoms with E-state index in [4.69, 9.17) is 5.73 Å². The molecule has 2 rings (SSSR count). The number of aromatic nitrogens is 1. The molecule has 0 fully saturated rings. The van der Waals surface area contributed by atoms with Crippen LogP contribution >= 0.6 is 0 Å². The molecule has 2 aromatic rings. The SMILES string of the molecule is Cc1cccnc1CNC(=O)c1cccc(C)c1N. The monoisotopic (exact) mass is 255 g/mol. The molecule has 0 saturated carbocycles. The Kier molecular flexibility index (Phi) is 3.80. The number of pyridine rings is 1. The summed E-state index contributed by atoms with van der Waals surface area (Å²) in [7, 11) is 0. The third-order valence-corrected chi connectivity index (χ3v) is 3.10. The van der Waals surface area contributed by atoms with Crippen LogP contribution < -0.4 is 11.1 Å². The van der Waals surface area contributed by atoms with E-state index in [9.17, 15) is 4.79 Å². The Balaban J connectivity index is 2.10. The molecular weight excluding hydrogens is 238 g/mol. The van der Waals surface area contributed by atoms with Crippen molar-refractivity contribution < 1.29 is 4.79 Å². The largest absolute Gasteiger partial charge is 0.398 e. The first-order valence-electron chi connectivity index (χ1n) is 6.13. The van der Waals surface area contributed by atoms with Gasteiger partial charge in [0.15, 0.2) is 0 Å². The summed E-state index contributed by atoms with van der Waals surface area (Å²) >= 11 is 0. The van der Waals surface area contributed by atoms with Crippen LogP contribution in [0.2, 0.25) is 0 Å². The van der Waals surface area contributed by atoms with E-state index in [2.05, 4.69) is 10.3 Å². The van der Waals surface area contributed by atoms with Crippen LogP contribution in [0.1, 0.15) is 27.2 Å². The van der Waals surface area contributed by atoms with Gasteiger partial charge in [-0.1, -0.05) is 18.2 Å². The molecule has 98 valence electrons. The van der Waals surface area contributed by atoms with E-state index in [1.54, 1.807) is 12.3 Å². The van der Waals surface area contributed by atoms with Crippen molar-refractivity contribution in [2.24, 2.45) is 0 Å². The molecule has 4 nitrogen and oxygen atoms in total. The summed E-state index contributed by atoms with van der Waals surface area (Å²) in [6.07, 6.45) is 1.72. The summed E-state index contributed by atoms with van der Waals surface area (Å²) < 4.78 is 0. The van der Waals surface area contributed by atoms with Gasteiger partial charge in [0, 0.05) is 11.9 Å². The number of para-hydroxylation sites is 1. The van der Waals surface area contributed by atoms with Crippen LogP contribution in [0.25, 0.3) is 0 Å². The lowest BCUT2D eigenvalue weighted by molar-refractivity contribution is 0.0951. The van der Waals surface area contributed by atoms with Crippen LogP contribution in [-0.4, -0.2) is 10.9 Å². The quantitative estimate of drug-likeness (QED) is 0.826. The Bertz CT molecular complexity index is 608. The fraction of sp³-hybridized carbons (Fsp3) is 0.200. The number of hydrogen-bond donors (Lipinski definition) is 2. The number of amides is 1. The van der Waals surface area contributed by atoms with Gasteiger partial charge in [-0.3, -0.25) is 9.78 Å². The topological polar surface area (TPSA) is 68.0 Å². The Morgan fingerprint density at radius 3 is 2.68 bits per heavy atom. The van der Waals surface area contributed by atoms with Crippen molar-refractivity contribution in [3.05, 3.63) is 58.9 Å². The third kappa shape index (κ3) is 2.91. The number of benzene rings is 1. The second-order valence-corrected chi connectivity index (χ2v) is 4.49. The molecule has 0 atom stereocenters. The van der Waals surface area contributed by atoms with Gasteiger partial charge in [-0.15, -0.1) is 0 Å². The zero-order chi connectivity index (χ0) is 13.8. The standard InChI is InChI=1S/C15H17N3O/c1-10-6-4-8-17-13(10)9-18-15(19)12-7-3-5-11(2)14(12)16/h3-8H,9,16H2,1-2H3,(H,18,19). The van der Waals surface area contributed by atoms with E-state index < -0.39 is 0 Å². The molecule has 0 aliphatic carbocycles. The predicted octanol–water partition coefficient (Wildman–Crippen LogP) is 2.21. The van der Waals surface area contributed by atoms with Crippen molar-refractivity contribution in [1.82, 2.24) is 10.3 Å². The minimum Gasteiger partial charge on any atom is -0.398 e. The Hall–Kier alpha value is -2.36. The van der Waals surface area contributed by atoms with Crippen molar-refractivity contribution in [2.45, 2.75) is 20.4 Å². The van der Waals surface area contributed by atoms with E-state index >= 15 is 0 Å². The molecule has 1 heterocycles. The lowest BCUT2D eigenvalue weighted by Gasteiger charge is -2.10. The molecular formula is C15H17N3O. The highest BCUT2D eigenvalue weighted by Gasteiger charge is 2.11. The number of hydrogen-bond acceptors (Lipinski definition) is 3. The number of nitrogens with one attached hydrogen (secondary N) is 1. The molecule has 0 aliphatic rings. The molecule has 0 bridgehead atoms. The summed E-state index contributed by atoms with van der Waals surface area (Å²) in [5.74, 6) is -0.175. The molecule has 4 heteroatoms.